The van der Waals surface area contributed by atoms with Crippen LogP contribution in [0.25, 0.3) is 0 Å². The second-order valence-corrected chi connectivity index (χ2v) is 4.36. The number of hydrogen-bond acceptors (Lipinski definition) is 3. The maximum Gasteiger partial charge on any atom is 0.291 e. The summed E-state index contributed by atoms with van der Waals surface area (Å²) in [7, 11) is 0. The third kappa shape index (κ3) is 3.29. The topological polar surface area (TPSA) is 51.5 Å². The second-order valence-electron chi connectivity index (χ2n) is 3.99. The fraction of sp³-hybridized carbons (Fsp3) is 0.214. The van der Waals surface area contributed by atoms with Crippen molar-refractivity contribution < 1.29 is 13.9 Å². The molecule has 4 nitrogen and oxygen atoms in total. The van der Waals surface area contributed by atoms with Crippen LogP contribution in [0, 0.1) is 6.92 Å². The van der Waals surface area contributed by atoms with Crippen LogP contribution in [0.5, 0.6) is 5.75 Å². The minimum atomic E-state index is -0.364. The van der Waals surface area contributed by atoms with Gasteiger partial charge >= 0.3 is 0 Å². The second kappa shape index (κ2) is 5.80. The Labute approximate surface area is 116 Å². The number of benzene rings is 1. The summed E-state index contributed by atoms with van der Waals surface area (Å²) < 4.78 is 10.5. The number of rotatable bonds is 4. The highest BCUT2D eigenvalue weighted by Crippen LogP contribution is 2.26. The van der Waals surface area contributed by atoms with E-state index in [1.165, 1.54) is 12.1 Å². The summed E-state index contributed by atoms with van der Waals surface area (Å²) in [5, 5.41) is 2.92. The molecule has 19 heavy (non-hydrogen) atoms. The van der Waals surface area contributed by atoms with Crippen LogP contribution in [0.3, 0.4) is 0 Å². The number of ether oxygens (including phenoxy) is 1. The van der Waals surface area contributed by atoms with Crippen LogP contribution in [0.15, 0.2) is 34.7 Å². The van der Waals surface area contributed by atoms with E-state index in [-0.39, 0.29) is 16.9 Å². The molecule has 2 aromatic rings. The molecule has 1 N–H and O–H groups in total. The molecule has 0 spiro atoms. The average Bonchev–Trinajstić information content (AvgIpc) is 2.80. The molecule has 0 saturated carbocycles. The van der Waals surface area contributed by atoms with Crippen LogP contribution in [0.4, 0.5) is 5.69 Å². The third-order valence-corrected chi connectivity index (χ3v) is 2.69. The van der Waals surface area contributed by atoms with Crippen LogP contribution in [0.1, 0.15) is 23.0 Å². The molecule has 1 aromatic carbocycles. The molecule has 1 heterocycles. The first-order valence-electron chi connectivity index (χ1n) is 5.90. The average molecular weight is 280 g/mol. The Balaban J connectivity index is 2.20. The third-order valence-electron chi connectivity index (χ3n) is 2.48. The van der Waals surface area contributed by atoms with Gasteiger partial charge in [-0.1, -0.05) is 6.07 Å². The van der Waals surface area contributed by atoms with Crippen molar-refractivity contribution in [1.82, 2.24) is 0 Å². The van der Waals surface area contributed by atoms with E-state index in [4.69, 9.17) is 20.8 Å². The summed E-state index contributed by atoms with van der Waals surface area (Å²) in [4.78, 5) is 11.9. The summed E-state index contributed by atoms with van der Waals surface area (Å²) in [6.45, 7) is 4.37. The minimum absolute atomic E-state index is 0.160. The van der Waals surface area contributed by atoms with Gasteiger partial charge in [0.15, 0.2) is 11.0 Å². The zero-order valence-corrected chi connectivity index (χ0v) is 11.5. The molecule has 0 saturated heterocycles. The molecular weight excluding hydrogens is 266 g/mol. The summed E-state index contributed by atoms with van der Waals surface area (Å²) in [5.41, 5.74) is 1.66. The van der Waals surface area contributed by atoms with E-state index < -0.39 is 0 Å². The SMILES string of the molecule is CCOc1cc(C)ccc1NC(=O)c1ccc(Cl)o1. The Kier molecular flexibility index (Phi) is 4.12. The van der Waals surface area contributed by atoms with E-state index in [1.807, 2.05) is 26.0 Å². The normalized spacial score (nSPS) is 10.3. The van der Waals surface area contributed by atoms with Crippen molar-refractivity contribution in [2.24, 2.45) is 0 Å². The molecular formula is C14H14ClNO3. The van der Waals surface area contributed by atoms with Crippen LogP contribution >= 0.6 is 11.6 Å². The maximum atomic E-state index is 11.9. The lowest BCUT2D eigenvalue weighted by Gasteiger charge is -2.11. The van der Waals surface area contributed by atoms with Crippen molar-refractivity contribution in [2.75, 3.05) is 11.9 Å². The molecule has 0 aliphatic heterocycles. The first-order valence-corrected chi connectivity index (χ1v) is 6.28. The highest BCUT2D eigenvalue weighted by Gasteiger charge is 2.13. The van der Waals surface area contributed by atoms with Gasteiger partial charge in [0.2, 0.25) is 0 Å². The van der Waals surface area contributed by atoms with Crippen LogP contribution in [0.2, 0.25) is 5.22 Å². The fourth-order valence-corrected chi connectivity index (χ4v) is 1.77. The molecule has 0 fully saturated rings. The molecule has 0 radical (unpaired) electrons. The van der Waals surface area contributed by atoms with Gasteiger partial charge in [0.25, 0.3) is 5.91 Å². The Morgan fingerprint density at radius 3 is 2.79 bits per heavy atom. The van der Waals surface area contributed by atoms with Crippen LogP contribution < -0.4 is 10.1 Å². The molecule has 5 heteroatoms. The molecule has 2 rings (SSSR count). The number of hydrogen-bond donors (Lipinski definition) is 1. The van der Waals surface area contributed by atoms with Crippen molar-refractivity contribution in [2.45, 2.75) is 13.8 Å². The zero-order chi connectivity index (χ0) is 13.8. The van der Waals surface area contributed by atoms with Crippen molar-refractivity contribution in [1.29, 1.82) is 0 Å². The number of nitrogens with one attached hydrogen (secondary N) is 1. The summed E-state index contributed by atoms with van der Waals surface area (Å²) >= 11 is 5.64. The quantitative estimate of drug-likeness (QED) is 0.924. The van der Waals surface area contributed by atoms with E-state index in [0.29, 0.717) is 18.0 Å². The van der Waals surface area contributed by atoms with Crippen LogP contribution in [-0.4, -0.2) is 12.5 Å². The van der Waals surface area contributed by atoms with E-state index in [1.54, 1.807) is 6.07 Å². The van der Waals surface area contributed by atoms with Crippen LogP contribution in [-0.2, 0) is 0 Å². The van der Waals surface area contributed by atoms with Gasteiger partial charge in [-0.2, -0.15) is 0 Å². The van der Waals surface area contributed by atoms with Crippen molar-refractivity contribution in [3.8, 4) is 5.75 Å². The van der Waals surface area contributed by atoms with Gasteiger partial charge in [-0.15, -0.1) is 0 Å². The van der Waals surface area contributed by atoms with E-state index in [2.05, 4.69) is 5.32 Å². The lowest BCUT2D eigenvalue weighted by Crippen LogP contribution is -2.12. The number of amides is 1. The molecule has 1 amide bonds. The smallest absolute Gasteiger partial charge is 0.291 e. The predicted octanol–water partition coefficient (Wildman–Crippen LogP) is 3.89. The number of anilines is 1. The zero-order valence-electron chi connectivity index (χ0n) is 10.7. The molecule has 0 aliphatic carbocycles. The Morgan fingerprint density at radius 1 is 1.37 bits per heavy atom. The van der Waals surface area contributed by atoms with Gasteiger partial charge in [-0.3, -0.25) is 4.79 Å². The van der Waals surface area contributed by atoms with E-state index >= 15 is 0 Å². The molecule has 0 aliphatic rings. The molecule has 0 unspecified atom stereocenters. The largest absolute Gasteiger partial charge is 0.492 e. The summed E-state index contributed by atoms with van der Waals surface area (Å²) in [6.07, 6.45) is 0. The van der Waals surface area contributed by atoms with Gasteiger partial charge in [0.05, 0.1) is 12.3 Å². The molecule has 0 atom stereocenters. The summed E-state index contributed by atoms with van der Waals surface area (Å²) in [6, 6.07) is 8.60. The van der Waals surface area contributed by atoms with Gasteiger partial charge in [0.1, 0.15) is 5.75 Å². The van der Waals surface area contributed by atoms with E-state index in [0.717, 1.165) is 5.56 Å². The van der Waals surface area contributed by atoms with E-state index in [9.17, 15) is 4.79 Å². The van der Waals surface area contributed by atoms with Crippen molar-refractivity contribution in [3.63, 3.8) is 0 Å². The maximum absolute atomic E-state index is 11.9. The molecule has 100 valence electrons. The first-order chi connectivity index (χ1) is 9.10. The molecule has 1 aromatic heterocycles. The highest BCUT2D eigenvalue weighted by atomic mass is 35.5. The van der Waals surface area contributed by atoms with Crippen molar-refractivity contribution in [3.05, 3.63) is 46.9 Å². The van der Waals surface area contributed by atoms with Gasteiger partial charge in [-0.05, 0) is 55.3 Å². The Bertz CT molecular complexity index is 592. The first kappa shape index (κ1) is 13.5. The number of carbonyl (C=O) groups excluding carboxylic acids is 1. The van der Waals surface area contributed by atoms with Gasteiger partial charge in [0, 0.05) is 0 Å². The molecule has 0 bridgehead atoms. The lowest BCUT2D eigenvalue weighted by atomic mass is 10.2. The minimum Gasteiger partial charge on any atom is -0.492 e. The van der Waals surface area contributed by atoms with Crippen molar-refractivity contribution >= 4 is 23.2 Å². The Hall–Kier alpha value is -1.94. The number of carbonyl (C=O) groups is 1. The van der Waals surface area contributed by atoms with Gasteiger partial charge in [-0.25, -0.2) is 0 Å². The highest BCUT2D eigenvalue weighted by molar-refractivity contribution is 6.29. The summed E-state index contributed by atoms with van der Waals surface area (Å²) in [5.74, 6) is 0.429. The monoisotopic (exact) mass is 279 g/mol. The number of aryl methyl sites for hydroxylation is 1. The Morgan fingerprint density at radius 2 is 2.16 bits per heavy atom. The fourth-order valence-electron chi connectivity index (χ4n) is 1.63. The standard InChI is InChI=1S/C14H14ClNO3/c1-3-18-12-8-9(2)4-5-10(12)16-14(17)11-6-7-13(15)19-11/h4-8H,3H2,1-2H3,(H,16,17). The number of halogens is 1. The van der Waals surface area contributed by atoms with Gasteiger partial charge < -0.3 is 14.5 Å². The lowest BCUT2D eigenvalue weighted by molar-refractivity contribution is 0.0996. The predicted molar refractivity (Wildman–Crippen MR) is 74.0 cm³/mol. The number of furan rings is 1.